The van der Waals surface area contributed by atoms with Gasteiger partial charge in [-0.3, -0.25) is 9.69 Å². The minimum Gasteiger partial charge on any atom is -0.406 e. The molecule has 1 amide bonds. The van der Waals surface area contributed by atoms with Crippen LogP contribution in [0.25, 0.3) is 0 Å². The Morgan fingerprint density at radius 3 is 2.17 bits per heavy atom. The van der Waals surface area contributed by atoms with Crippen molar-refractivity contribution in [1.29, 1.82) is 0 Å². The second kappa shape index (κ2) is 9.60. The molecule has 188 valence electrons. The maximum Gasteiger partial charge on any atom is 0.573 e. The van der Waals surface area contributed by atoms with E-state index in [9.17, 15) is 31.1 Å². The lowest BCUT2D eigenvalue weighted by Gasteiger charge is -2.26. The summed E-state index contributed by atoms with van der Waals surface area (Å²) >= 11 is 0. The summed E-state index contributed by atoms with van der Waals surface area (Å²) in [6, 6.07) is 17.2. The van der Waals surface area contributed by atoms with Gasteiger partial charge in [-0.15, -0.1) is 13.2 Å². The Balaban J connectivity index is 1.71. The first-order valence-corrected chi connectivity index (χ1v) is 10.8. The molecule has 0 radical (unpaired) electrons. The molecule has 1 aliphatic rings. The van der Waals surface area contributed by atoms with Crippen molar-refractivity contribution in [2.24, 2.45) is 0 Å². The fraction of sp³-hybridized carbons (Fsp3) is 0.192. The first-order chi connectivity index (χ1) is 16.9. The van der Waals surface area contributed by atoms with Gasteiger partial charge in [-0.25, -0.2) is 0 Å². The molecule has 0 saturated heterocycles. The van der Waals surface area contributed by atoms with Gasteiger partial charge >= 0.3 is 12.5 Å². The first-order valence-electron chi connectivity index (χ1n) is 10.8. The highest BCUT2D eigenvalue weighted by Crippen LogP contribution is 2.39. The summed E-state index contributed by atoms with van der Waals surface area (Å²) < 4.78 is 81.4. The molecule has 10 heteroatoms. The predicted molar refractivity (Wildman–Crippen MR) is 121 cm³/mol. The highest BCUT2D eigenvalue weighted by Gasteiger charge is 2.37. The molecule has 1 aliphatic heterocycles. The molecule has 3 aromatic rings. The van der Waals surface area contributed by atoms with Crippen LogP contribution >= 0.6 is 0 Å². The van der Waals surface area contributed by atoms with E-state index in [1.165, 1.54) is 23.1 Å². The molecule has 0 aromatic heterocycles. The van der Waals surface area contributed by atoms with Crippen molar-refractivity contribution in [1.82, 2.24) is 5.32 Å². The Bertz CT molecular complexity index is 1250. The lowest BCUT2D eigenvalue weighted by molar-refractivity contribution is -0.274. The van der Waals surface area contributed by atoms with Gasteiger partial charge in [0.1, 0.15) is 5.75 Å². The molecule has 0 fully saturated rings. The molecule has 36 heavy (non-hydrogen) atoms. The van der Waals surface area contributed by atoms with Gasteiger partial charge in [0.2, 0.25) is 0 Å². The van der Waals surface area contributed by atoms with Crippen molar-refractivity contribution in [2.75, 3.05) is 4.90 Å². The Labute approximate surface area is 202 Å². The first kappa shape index (κ1) is 25.2. The van der Waals surface area contributed by atoms with Crippen LogP contribution in [-0.4, -0.2) is 12.3 Å². The Morgan fingerprint density at radius 2 is 1.56 bits per heavy atom. The molecule has 0 saturated carbocycles. The normalized spacial score (nSPS) is 17.1. The standard InChI is InChI=1S/C26H20F6N2O2/c1-16(17-6-3-2-4-7-17)33-22-15-23(18-8-5-9-21(14-18)36-26(30,31)32)34(24(22)35)20-12-10-19(11-13-20)25(27,28)29/h2-16,23,33H,1H3/t16-,23-/m1/s1. The van der Waals surface area contributed by atoms with E-state index in [1.54, 1.807) is 0 Å². The fourth-order valence-corrected chi connectivity index (χ4v) is 3.96. The zero-order valence-electron chi connectivity index (χ0n) is 18.8. The molecular weight excluding hydrogens is 486 g/mol. The van der Waals surface area contributed by atoms with Crippen LogP contribution in [0.5, 0.6) is 5.75 Å². The van der Waals surface area contributed by atoms with E-state index >= 15 is 0 Å². The topological polar surface area (TPSA) is 41.6 Å². The van der Waals surface area contributed by atoms with Crippen LogP contribution in [0.15, 0.2) is 90.6 Å². The molecule has 4 nitrogen and oxygen atoms in total. The van der Waals surface area contributed by atoms with Crippen molar-refractivity contribution in [2.45, 2.75) is 31.5 Å². The molecule has 2 atom stereocenters. The number of ether oxygens (including phenoxy) is 1. The predicted octanol–water partition coefficient (Wildman–Crippen LogP) is 6.93. The van der Waals surface area contributed by atoms with E-state index in [1.807, 2.05) is 37.3 Å². The Kier molecular flexibility index (Phi) is 6.71. The number of alkyl halides is 6. The summed E-state index contributed by atoms with van der Waals surface area (Å²) in [5.74, 6) is -1.02. The van der Waals surface area contributed by atoms with Crippen LogP contribution in [0.1, 0.15) is 35.7 Å². The molecule has 0 aliphatic carbocycles. The highest BCUT2D eigenvalue weighted by atomic mass is 19.4. The summed E-state index contributed by atoms with van der Waals surface area (Å²) in [4.78, 5) is 14.6. The van der Waals surface area contributed by atoms with E-state index in [0.717, 1.165) is 42.0 Å². The number of nitrogens with zero attached hydrogens (tertiary/aromatic N) is 1. The molecule has 0 spiro atoms. The summed E-state index contributed by atoms with van der Waals surface area (Å²) in [6.07, 6.45) is -7.94. The number of amides is 1. The number of hydrogen-bond acceptors (Lipinski definition) is 3. The van der Waals surface area contributed by atoms with Crippen molar-refractivity contribution in [3.05, 3.63) is 107 Å². The molecule has 0 unspecified atom stereocenters. The van der Waals surface area contributed by atoms with Crippen LogP contribution in [0.2, 0.25) is 0 Å². The fourth-order valence-electron chi connectivity index (χ4n) is 3.96. The van der Waals surface area contributed by atoms with E-state index in [-0.39, 0.29) is 23.0 Å². The van der Waals surface area contributed by atoms with Crippen LogP contribution in [-0.2, 0) is 11.0 Å². The van der Waals surface area contributed by atoms with Crippen molar-refractivity contribution in [3.8, 4) is 5.75 Å². The van der Waals surface area contributed by atoms with Gasteiger partial charge < -0.3 is 10.1 Å². The van der Waals surface area contributed by atoms with E-state index < -0.39 is 35.8 Å². The van der Waals surface area contributed by atoms with Crippen molar-refractivity contribution < 1.29 is 35.9 Å². The highest BCUT2D eigenvalue weighted by molar-refractivity contribution is 6.08. The van der Waals surface area contributed by atoms with Crippen molar-refractivity contribution >= 4 is 11.6 Å². The van der Waals surface area contributed by atoms with Gasteiger partial charge in [0.25, 0.3) is 5.91 Å². The summed E-state index contributed by atoms with van der Waals surface area (Å²) in [6.45, 7) is 1.83. The van der Waals surface area contributed by atoms with Crippen LogP contribution < -0.4 is 15.0 Å². The zero-order valence-corrected chi connectivity index (χ0v) is 18.8. The molecule has 1 heterocycles. The largest absolute Gasteiger partial charge is 0.573 e. The third-order valence-electron chi connectivity index (χ3n) is 5.63. The lowest BCUT2D eigenvalue weighted by atomic mass is 10.1. The number of carbonyl (C=O) groups is 1. The summed E-state index contributed by atoms with van der Waals surface area (Å²) in [5.41, 5.74) is 0.600. The Morgan fingerprint density at radius 1 is 0.889 bits per heavy atom. The molecule has 3 aromatic carbocycles. The number of anilines is 1. The third kappa shape index (κ3) is 5.64. The molecule has 4 rings (SSSR count). The van der Waals surface area contributed by atoms with Crippen LogP contribution in [0.4, 0.5) is 32.0 Å². The number of carbonyl (C=O) groups excluding carboxylic acids is 1. The van der Waals surface area contributed by atoms with Crippen LogP contribution in [0, 0.1) is 0 Å². The number of halogens is 6. The van der Waals surface area contributed by atoms with Gasteiger partial charge in [0, 0.05) is 11.7 Å². The number of benzene rings is 3. The Hall–Kier alpha value is -3.95. The maximum atomic E-state index is 13.4. The van der Waals surface area contributed by atoms with Gasteiger partial charge in [0.15, 0.2) is 0 Å². The average molecular weight is 506 g/mol. The number of hydrogen-bond donors (Lipinski definition) is 1. The SMILES string of the molecule is C[C@@H](NC1=C[C@H](c2cccc(OC(F)(F)F)c2)N(c2ccc(C(F)(F)F)cc2)C1=O)c1ccccc1. The summed E-state index contributed by atoms with van der Waals surface area (Å²) in [5, 5.41) is 3.11. The number of nitrogens with one attached hydrogen (secondary N) is 1. The second-order valence-corrected chi connectivity index (χ2v) is 8.14. The van der Waals surface area contributed by atoms with Gasteiger partial charge in [-0.05, 0) is 60.5 Å². The van der Waals surface area contributed by atoms with E-state index in [0.29, 0.717) is 0 Å². The minimum atomic E-state index is -4.91. The average Bonchev–Trinajstić information content (AvgIpc) is 3.14. The molecule has 0 bridgehead atoms. The smallest absolute Gasteiger partial charge is 0.406 e. The minimum absolute atomic E-state index is 0.153. The monoisotopic (exact) mass is 506 g/mol. The van der Waals surface area contributed by atoms with E-state index in [4.69, 9.17) is 0 Å². The maximum absolute atomic E-state index is 13.4. The lowest BCUT2D eigenvalue weighted by Crippen LogP contribution is -2.33. The quantitative estimate of drug-likeness (QED) is 0.369. The second-order valence-electron chi connectivity index (χ2n) is 8.14. The summed E-state index contributed by atoms with van der Waals surface area (Å²) in [7, 11) is 0. The van der Waals surface area contributed by atoms with E-state index in [2.05, 4.69) is 10.1 Å². The third-order valence-corrected chi connectivity index (χ3v) is 5.63. The van der Waals surface area contributed by atoms with Crippen molar-refractivity contribution in [3.63, 3.8) is 0 Å². The number of rotatable bonds is 6. The van der Waals surface area contributed by atoms with Gasteiger partial charge in [-0.1, -0.05) is 42.5 Å². The van der Waals surface area contributed by atoms with Gasteiger partial charge in [0.05, 0.1) is 17.3 Å². The van der Waals surface area contributed by atoms with Gasteiger partial charge in [-0.2, -0.15) is 13.2 Å². The molecule has 1 N–H and O–H groups in total. The molecular formula is C26H20F6N2O2. The zero-order chi connectivity index (χ0) is 26.1. The van der Waals surface area contributed by atoms with Crippen LogP contribution in [0.3, 0.4) is 0 Å².